The molecule has 0 spiro atoms. The molecular formula is C23H30N6. The Morgan fingerprint density at radius 1 is 0.966 bits per heavy atom. The van der Waals surface area contributed by atoms with Crippen molar-refractivity contribution in [3.8, 4) is 0 Å². The zero-order chi connectivity index (χ0) is 19.8. The molecule has 0 atom stereocenters. The molecule has 6 heteroatoms. The Labute approximate surface area is 172 Å². The van der Waals surface area contributed by atoms with Crippen LogP contribution < -0.4 is 15.1 Å². The van der Waals surface area contributed by atoms with Crippen molar-refractivity contribution in [1.29, 1.82) is 0 Å². The summed E-state index contributed by atoms with van der Waals surface area (Å²) in [5.41, 5.74) is 6.17. The standard InChI is InChI=1S/C23H30N6/c1-17-15-22(21-16-25-27(2)23(21)26-17)29-11-7-19(8-12-29)18-3-5-20(6-4-18)28-13-9-24-10-14-28/h3-6,15-16,19,24H,7-14H2,1-2H3. The molecule has 6 nitrogen and oxygen atoms in total. The first-order valence-electron chi connectivity index (χ1n) is 10.8. The van der Waals surface area contributed by atoms with E-state index >= 15 is 0 Å². The van der Waals surface area contributed by atoms with Crippen LogP contribution in [0.3, 0.4) is 0 Å². The van der Waals surface area contributed by atoms with Gasteiger partial charge in [-0.15, -0.1) is 0 Å². The summed E-state index contributed by atoms with van der Waals surface area (Å²) in [5.74, 6) is 0.649. The van der Waals surface area contributed by atoms with E-state index in [2.05, 4.69) is 62.5 Å². The number of nitrogens with zero attached hydrogens (tertiary/aromatic N) is 5. The van der Waals surface area contributed by atoms with Gasteiger partial charge in [0.1, 0.15) is 0 Å². The summed E-state index contributed by atoms with van der Waals surface area (Å²) in [4.78, 5) is 9.66. The molecule has 0 saturated carbocycles. The van der Waals surface area contributed by atoms with E-state index < -0.39 is 0 Å². The molecule has 4 heterocycles. The lowest BCUT2D eigenvalue weighted by Gasteiger charge is -2.34. The number of rotatable bonds is 3. The maximum Gasteiger partial charge on any atom is 0.159 e. The van der Waals surface area contributed by atoms with Gasteiger partial charge in [-0.2, -0.15) is 5.10 Å². The lowest BCUT2D eigenvalue weighted by atomic mass is 9.89. The molecule has 0 amide bonds. The number of piperidine rings is 1. The van der Waals surface area contributed by atoms with Crippen LogP contribution in [-0.4, -0.2) is 54.0 Å². The minimum atomic E-state index is 0.649. The van der Waals surface area contributed by atoms with Crippen molar-refractivity contribution in [2.75, 3.05) is 49.1 Å². The van der Waals surface area contributed by atoms with Crippen molar-refractivity contribution >= 4 is 22.4 Å². The average molecular weight is 391 g/mol. The monoisotopic (exact) mass is 390 g/mol. The van der Waals surface area contributed by atoms with Crippen LogP contribution in [0.2, 0.25) is 0 Å². The van der Waals surface area contributed by atoms with Gasteiger partial charge in [-0.05, 0) is 49.4 Å². The van der Waals surface area contributed by atoms with E-state index in [0.717, 1.165) is 56.0 Å². The number of hydrogen-bond donors (Lipinski definition) is 1. The smallest absolute Gasteiger partial charge is 0.159 e. The van der Waals surface area contributed by atoms with Gasteiger partial charge in [0.2, 0.25) is 0 Å². The number of anilines is 2. The van der Waals surface area contributed by atoms with E-state index in [0.29, 0.717) is 5.92 Å². The van der Waals surface area contributed by atoms with E-state index in [-0.39, 0.29) is 0 Å². The first kappa shape index (κ1) is 18.4. The predicted molar refractivity (Wildman–Crippen MR) is 119 cm³/mol. The van der Waals surface area contributed by atoms with Crippen molar-refractivity contribution in [3.05, 3.63) is 47.8 Å². The highest BCUT2D eigenvalue weighted by Gasteiger charge is 2.23. The quantitative estimate of drug-likeness (QED) is 0.745. The maximum absolute atomic E-state index is 4.67. The third-order valence-electron chi connectivity index (χ3n) is 6.49. The summed E-state index contributed by atoms with van der Waals surface area (Å²) in [6.07, 6.45) is 4.34. The SMILES string of the molecule is Cc1cc(N2CCC(c3ccc(N4CCNCC4)cc3)CC2)c2cnn(C)c2n1. The molecule has 29 heavy (non-hydrogen) atoms. The summed E-state index contributed by atoms with van der Waals surface area (Å²) >= 11 is 0. The minimum Gasteiger partial charge on any atom is -0.371 e. The zero-order valence-corrected chi connectivity index (χ0v) is 17.4. The fraction of sp³-hybridized carbons (Fsp3) is 0.478. The molecule has 2 aliphatic rings. The lowest BCUT2D eigenvalue weighted by Crippen LogP contribution is -2.43. The van der Waals surface area contributed by atoms with E-state index in [9.17, 15) is 0 Å². The van der Waals surface area contributed by atoms with E-state index in [4.69, 9.17) is 0 Å². The molecule has 0 radical (unpaired) electrons. The van der Waals surface area contributed by atoms with E-state index in [1.165, 1.54) is 29.8 Å². The summed E-state index contributed by atoms with van der Waals surface area (Å²) in [6.45, 7) is 8.60. The number of piperazine rings is 1. The number of pyridine rings is 1. The largest absolute Gasteiger partial charge is 0.371 e. The summed E-state index contributed by atoms with van der Waals surface area (Å²) < 4.78 is 1.87. The summed E-state index contributed by atoms with van der Waals surface area (Å²) in [7, 11) is 1.97. The Kier molecular flexibility index (Phi) is 4.87. The average Bonchev–Trinajstić information content (AvgIpc) is 3.15. The van der Waals surface area contributed by atoms with E-state index in [1.807, 2.05) is 17.9 Å². The number of aryl methyl sites for hydroxylation is 2. The molecule has 2 aromatic heterocycles. The lowest BCUT2D eigenvalue weighted by molar-refractivity contribution is 0.506. The maximum atomic E-state index is 4.67. The fourth-order valence-corrected chi connectivity index (χ4v) is 4.81. The second-order valence-corrected chi connectivity index (χ2v) is 8.38. The molecule has 152 valence electrons. The normalized spacial score (nSPS) is 18.6. The molecule has 0 bridgehead atoms. The molecule has 2 saturated heterocycles. The second kappa shape index (κ2) is 7.67. The van der Waals surface area contributed by atoms with Gasteiger partial charge >= 0.3 is 0 Å². The Balaban J connectivity index is 1.28. The third kappa shape index (κ3) is 3.57. The molecule has 0 unspecified atom stereocenters. The Hall–Kier alpha value is -2.60. The molecule has 0 aliphatic carbocycles. The number of nitrogens with one attached hydrogen (secondary N) is 1. The van der Waals surface area contributed by atoms with Gasteiger partial charge in [-0.3, -0.25) is 4.68 Å². The highest BCUT2D eigenvalue weighted by atomic mass is 15.3. The number of benzene rings is 1. The van der Waals surface area contributed by atoms with Gasteiger partial charge in [0.25, 0.3) is 0 Å². The predicted octanol–water partition coefficient (Wildman–Crippen LogP) is 3.07. The highest BCUT2D eigenvalue weighted by Crippen LogP contribution is 2.34. The number of aromatic nitrogens is 3. The van der Waals surface area contributed by atoms with Gasteiger partial charge < -0.3 is 15.1 Å². The minimum absolute atomic E-state index is 0.649. The van der Waals surface area contributed by atoms with Crippen molar-refractivity contribution < 1.29 is 0 Å². The van der Waals surface area contributed by atoms with Crippen LogP contribution >= 0.6 is 0 Å². The molecule has 2 aliphatic heterocycles. The molecule has 3 aromatic rings. The van der Waals surface area contributed by atoms with Crippen LogP contribution in [0.1, 0.15) is 30.0 Å². The Bertz CT molecular complexity index is 979. The molecule has 1 aromatic carbocycles. The third-order valence-corrected chi connectivity index (χ3v) is 6.49. The van der Waals surface area contributed by atoms with Gasteiger partial charge in [0.05, 0.1) is 17.3 Å². The van der Waals surface area contributed by atoms with Gasteiger partial charge in [0.15, 0.2) is 5.65 Å². The molecular weight excluding hydrogens is 360 g/mol. The molecule has 5 rings (SSSR count). The van der Waals surface area contributed by atoms with Crippen LogP contribution in [0.15, 0.2) is 36.5 Å². The first-order chi connectivity index (χ1) is 14.2. The van der Waals surface area contributed by atoms with Crippen LogP contribution in [-0.2, 0) is 7.05 Å². The van der Waals surface area contributed by atoms with Gasteiger partial charge in [-0.25, -0.2) is 4.98 Å². The van der Waals surface area contributed by atoms with Crippen molar-refractivity contribution in [2.24, 2.45) is 7.05 Å². The van der Waals surface area contributed by atoms with Gasteiger partial charge in [-0.1, -0.05) is 12.1 Å². The molecule has 2 fully saturated rings. The van der Waals surface area contributed by atoms with Crippen LogP contribution in [0, 0.1) is 6.92 Å². The number of hydrogen-bond acceptors (Lipinski definition) is 5. The number of fused-ring (bicyclic) bond motifs is 1. The van der Waals surface area contributed by atoms with Crippen LogP contribution in [0.5, 0.6) is 0 Å². The van der Waals surface area contributed by atoms with Gasteiger partial charge in [0, 0.05) is 57.7 Å². The van der Waals surface area contributed by atoms with Crippen LogP contribution in [0.4, 0.5) is 11.4 Å². The summed E-state index contributed by atoms with van der Waals surface area (Å²) in [6, 6.07) is 11.6. The van der Waals surface area contributed by atoms with Crippen molar-refractivity contribution in [1.82, 2.24) is 20.1 Å². The zero-order valence-electron chi connectivity index (χ0n) is 17.4. The van der Waals surface area contributed by atoms with Crippen molar-refractivity contribution in [2.45, 2.75) is 25.7 Å². The molecule has 1 N–H and O–H groups in total. The van der Waals surface area contributed by atoms with Crippen LogP contribution in [0.25, 0.3) is 11.0 Å². The second-order valence-electron chi connectivity index (χ2n) is 8.38. The topological polar surface area (TPSA) is 49.2 Å². The first-order valence-corrected chi connectivity index (χ1v) is 10.8. The Morgan fingerprint density at radius 3 is 2.41 bits per heavy atom. The van der Waals surface area contributed by atoms with E-state index in [1.54, 1.807) is 0 Å². The van der Waals surface area contributed by atoms with Crippen molar-refractivity contribution in [3.63, 3.8) is 0 Å². The summed E-state index contributed by atoms with van der Waals surface area (Å²) in [5, 5.41) is 9.01. The Morgan fingerprint density at radius 2 is 1.69 bits per heavy atom. The fourth-order valence-electron chi connectivity index (χ4n) is 4.81. The highest BCUT2D eigenvalue weighted by molar-refractivity contribution is 5.89.